The van der Waals surface area contributed by atoms with E-state index in [1.54, 1.807) is 29.2 Å². The lowest BCUT2D eigenvalue weighted by atomic mass is 10.2. The van der Waals surface area contributed by atoms with E-state index in [2.05, 4.69) is 0 Å². The van der Waals surface area contributed by atoms with Crippen molar-refractivity contribution in [1.29, 1.82) is 0 Å². The Morgan fingerprint density at radius 2 is 2.06 bits per heavy atom. The lowest BCUT2D eigenvalue weighted by Crippen LogP contribution is -2.35. The van der Waals surface area contributed by atoms with Crippen LogP contribution in [0.25, 0.3) is 0 Å². The summed E-state index contributed by atoms with van der Waals surface area (Å²) in [5, 5.41) is 9.01. The van der Waals surface area contributed by atoms with Crippen LogP contribution in [0.5, 0.6) is 5.75 Å². The Labute approximate surface area is 107 Å². The van der Waals surface area contributed by atoms with Crippen molar-refractivity contribution in [1.82, 2.24) is 4.90 Å². The molecule has 0 atom stereocenters. The van der Waals surface area contributed by atoms with Gasteiger partial charge in [-0.05, 0) is 44.0 Å². The number of ether oxygens (including phenoxy) is 1. The molecule has 0 unspecified atom stereocenters. The third-order valence-corrected chi connectivity index (χ3v) is 3.00. The Hall–Kier alpha value is -1.55. The van der Waals surface area contributed by atoms with Crippen molar-refractivity contribution >= 4 is 5.91 Å². The van der Waals surface area contributed by atoms with Crippen molar-refractivity contribution in [2.24, 2.45) is 0 Å². The summed E-state index contributed by atoms with van der Waals surface area (Å²) in [7, 11) is 0. The molecule has 1 aromatic rings. The predicted octanol–water partition coefficient (Wildman–Crippen LogP) is 1.68. The summed E-state index contributed by atoms with van der Waals surface area (Å²) in [6.07, 6.45) is 2.09. The number of amides is 1. The van der Waals surface area contributed by atoms with Crippen molar-refractivity contribution in [3.63, 3.8) is 0 Å². The average molecular weight is 249 g/mol. The highest BCUT2D eigenvalue weighted by molar-refractivity contribution is 5.94. The van der Waals surface area contributed by atoms with Crippen LogP contribution in [0.2, 0.25) is 0 Å². The zero-order chi connectivity index (χ0) is 13.0. The number of aliphatic hydroxyl groups is 1. The van der Waals surface area contributed by atoms with Gasteiger partial charge in [0, 0.05) is 18.2 Å². The van der Waals surface area contributed by atoms with Gasteiger partial charge in [0.1, 0.15) is 5.75 Å². The van der Waals surface area contributed by atoms with Gasteiger partial charge in [0.2, 0.25) is 0 Å². The molecule has 1 N–H and O–H groups in total. The van der Waals surface area contributed by atoms with Crippen LogP contribution >= 0.6 is 0 Å². The van der Waals surface area contributed by atoms with E-state index in [-0.39, 0.29) is 12.5 Å². The van der Waals surface area contributed by atoms with Gasteiger partial charge in [-0.3, -0.25) is 4.79 Å². The summed E-state index contributed by atoms with van der Waals surface area (Å²) < 4.78 is 5.34. The first-order valence-corrected chi connectivity index (χ1v) is 6.41. The molecule has 98 valence electrons. The van der Waals surface area contributed by atoms with Crippen LogP contribution in [-0.4, -0.2) is 41.7 Å². The van der Waals surface area contributed by atoms with Crippen LogP contribution < -0.4 is 4.74 Å². The highest BCUT2D eigenvalue weighted by Crippen LogP contribution is 2.28. The SMILES string of the molecule is CCOc1ccc(C(=O)N(CCO)C2CC2)cc1. The van der Waals surface area contributed by atoms with E-state index in [4.69, 9.17) is 9.84 Å². The van der Waals surface area contributed by atoms with Crippen LogP contribution in [0, 0.1) is 0 Å². The van der Waals surface area contributed by atoms with E-state index in [0.29, 0.717) is 24.8 Å². The summed E-state index contributed by atoms with van der Waals surface area (Å²) in [5.74, 6) is 0.767. The van der Waals surface area contributed by atoms with Crippen molar-refractivity contribution in [2.75, 3.05) is 19.8 Å². The van der Waals surface area contributed by atoms with Crippen LogP contribution in [0.15, 0.2) is 24.3 Å². The van der Waals surface area contributed by atoms with E-state index in [1.165, 1.54) is 0 Å². The van der Waals surface area contributed by atoms with Crippen molar-refractivity contribution in [3.05, 3.63) is 29.8 Å². The van der Waals surface area contributed by atoms with Crippen LogP contribution in [0.4, 0.5) is 0 Å². The van der Waals surface area contributed by atoms with E-state index in [1.807, 2.05) is 6.92 Å². The Morgan fingerprint density at radius 1 is 1.39 bits per heavy atom. The molecule has 0 radical (unpaired) electrons. The van der Waals surface area contributed by atoms with E-state index in [0.717, 1.165) is 18.6 Å². The number of benzene rings is 1. The maximum Gasteiger partial charge on any atom is 0.254 e. The molecule has 1 aliphatic carbocycles. The molecule has 0 aliphatic heterocycles. The number of hydrogen-bond donors (Lipinski definition) is 1. The van der Waals surface area contributed by atoms with Gasteiger partial charge in [0.15, 0.2) is 0 Å². The van der Waals surface area contributed by atoms with E-state index in [9.17, 15) is 4.79 Å². The molecule has 1 fully saturated rings. The third kappa shape index (κ3) is 3.01. The highest BCUT2D eigenvalue weighted by atomic mass is 16.5. The topological polar surface area (TPSA) is 49.8 Å². The normalized spacial score (nSPS) is 14.3. The van der Waals surface area contributed by atoms with Crippen molar-refractivity contribution in [3.8, 4) is 5.75 Å². The van der Waals surface area contributed by atoms with Gasteiger partial charge in [-0.15, -0.1) is 0 Å². The largest absolute Gasteiger partial charge is 0.494 e. The molecule has 4 heteroatoms. The number of aliphatic hydroxyl groups excluding tert-OH is 1. The maximum atomic E-state index is 12.3. The fourth-order valence-electron chi connectivity index (χ4n) is 1.97. The Balaban J connectivity index is 2.06. The highest BCUT2D eigenvalue weighted by Gasteiger charge is 2.32. The molecule has 4 nitrogen and oxygen atoms in total. The number of nitrogens with zero attached hydrogens (tertiary/aromatic N) is 1. The maximum absolute atomic E-state index is 12.3. The van der Waals surface area contributed by atoms with Gasteiger partial charge in [-0.2, -0.15) is 0 Å². The second-order valence-electron chi connectivity index (χ2n) is 4.41. The summed E-state index contributed by atoms with van der Waals surface area (Å²) in [6, 6.07) is 7.48. The first kappa shape index (κ1) is 12.9. The monoisotopic (exact) mass is 249 g/mol. The fraction of sp³-hybridized carbons (Fsp3) is 0.500. The molecular weight excluding hydrogens is 230 g/mol. The van der Waals surface area contributed by atoms with Gasteiger partial charge in [-0.25, -0.2) is 0 Å². The minimum Gasteiger partial charge on any atom is -0.494 e. The molecule has 1 saturated carbocycles. The molecule has 0 aromatic heterocycles. The van der Waals surface area contributed by atoms with Crippen LogP contribution in [-0.2, 0) is 0 Å². The lowest BCUT2D eigenvalue weighted by Gasteiger charge is -2.21. The Kier molecular flexibility index (Phi) is 4.20. The molecule has 0 spiro atoms. The summed E-state index contributed by atoms with van der Waals surface area (Å²) in [4.78, 5) is 14.0. The van der Waals surface area contributed by atoms with Gasteiger partial charge in [-0.1, -0.05) is 0 Å². The van der Waals surface area contributed by atoms with Crippen molar-refractivity contribution < 1.29 is 14.6 Å². The molecule has 2 rings (SSSR count). The van der Waals surface area contributed by atoms with Crippen LogP contribution in [0.1, 0.15) is 30.1 Å². The molecule has 1 aromatic carbocycles. The molecule has 1 amide bonds. The first-order chi connectivity index (χ1) is 8.76. The zero-order valence-electron chi connectivity index (χ0n) is 10.6. The fourth-order valence-corrected chi connectivity index (χ4v) is 1.97. The zero-order valence-corrected chi connectivity index (χ0v) is 10.6. The number of carbonyl (C=O) groups excluding carboxylic acids is 1. The van der Waals surface area contributed by atoms with Gasteiger partial charge < -0.3 is 14.7 Å². The van der Waals surface area contributed by atoms with Gasteiger partial charge in [0.05, 0.1) is 13.2 Å². The summed E-state index contributed by atoms with van der Waals surface area (Å²) >= 11 is 0. The van der Waals surface area contributed by atoms with Gasteiger partial charge in [0.25, 0.3) is 5.91 Å². The minimum absolute atomic E-state index is 0.00500. The minimum atomic E-state index is -0.00500. The number of hydrogen-bond acceptors (Lipinski definition) is 3. The summed E-state index contributed by atoms with van der Waals surface area (Å²) in [6.45, 7) is 2.97. The van der Waals surface area contributed by atoms with E-state index < -0.39 is 0 Å². The van der Waals surface area contributed by atoms with Crippen LogP contribution in [0.3, 0.4) is 0 Å². The number of rotatable bonds is 6. The molecule has 0 heterocycles. The first-order valence-electron chi connectivity index (χ1n) is 6.41. The molecular formula is C14H19NO3. The van der Waals surface area contributed by atoms with Gasteiger partial charge >= 0.3 is 0 Å². The average Bonchev–Trinajstić information content (AvgIpc) is 3.21. The second-order valence-corrected chi connectivity index (χ2v) is 4.41. The molecule has 18 heavy (non-hydrogen) atoms. The Bertz CT molecular complexity index is 398. The second kappa shape index (κ2) is 5.87. The Morgan fingerprint density at radius 3 is 2.56 bits per heavy atom. The smallest absolute Gasteiger partial charge is 0.254 e. The van der Waals surface area contributed by atoms with E-state index >= 15 is 0 Å². The molecule has 0 saturated heterocycles. The standard InChI is InChI=1S/C14H19NO3/c1-2-18-13-7-3-11(4-8-13)14(17)15(9-10-16)12-5-6-12/h3-4,7-8,12,16H,2,5-6,9-10H2,1H3. The molecule has 1 aliphatic rings. The number of carbonyl (C=O) groups is 1. The molecule has 0 bridgehead atoms. The summed E-state index contributed by atoms with van der Waals surface area (Å²) in [5.41, 5.74) is 0.652. The third-order valence-electron chi connectivity index (χ3n) is 3.00. The predicted molar refractivity (Wildman–Crippen MR) is 68.8 cm³/mol. The van der Waals surface area contributed by atoms with Crippen molar-refractivity contribution in [2.45, 2.75) is 25.8 Å². The lowest BCUT2D eigenvalue weighted by molar-refractivity contribution is 0.0707. The quantitative estimate of drug-likeness (QED) is 0.834.